The maximum atomic E-state index is 5.54. The largest absolute Gasteiger partial charge is 0.494 e. The second-order valence-corrected chi connectivity index (χ2v) is 3.22. The standard InChI is InChI=1S/C12H19N3O.HI/c1-4-16-11-8-6-5-7-10(11)9-15-12(13-2)14-3;/h5-8H,4,9H2,1-3H3,(H2,13,14,15);1H. The van der Waals surface area contributed by atoms with Crippen molar-refractivity contribution in [3.8, 4) is 5.75 Å². The summed E-state index contributed by atoms with van der Waals surface area (Å²) >= 11 is 0. The van der Waals surface area contributed by atoms with Gasteiger partial charge in [0.15, 0.2) is 5.96 Å². The first-order valence-corrected chi connectivity index (χ1v) is 5.41. The fourth-order valence-electron chi connectivity index (χ4n) is 1.40. The van der Waals surface area contributed by atoms with E-state index < -0.39 is 0 Å². The molecule has 1 aromatic carbocycles. The third kappa shape index (κ3) is 5.25. The molecule has 0 fully saturated rings. The van der Waals surface area contributed by atoms with E-state index in [1.807, 2.05) is 38.2 Å². The summed E-state index contributed by atoms with van der Waals surface area (Å²) in [6, 6.07) is 7.99. The van der Waals surface area contributed by atoms with E-state index in [1.165, 1.54) is 0 Å². The van der Waals surface area contributed by atoms with Gasteiger partial charge < -0.3 is 15.4 Å². The van der Waals surface area contributed by atoms with Gasteiger partial charge in [-0.25, -0.2) is 0 Å². The smallest absolute Gasteiger partial charge is 0.190 e. The molecule has 2 N–H and O–H groups in total. The van der Waals surface area contributed by atoms with Gasteiger partial charge in [0.2, 0.25) is 0 Å². The lowest BCUT2D eigenvalue weighted by atomic mass is 10.2. The third-order valence-electron chi connectivity index (χ3n) is 2.18. The van der Waals surface area contributed by atoms with E-state index in [1.54, 1.807) is 7.05 Å². The fourth-order valence-corrected chi connectivity index (χ4v) is 1.40. The van der Waals surface area contributed by atoms with Crippen LogP contribution in [0, 0.1) is 0 Å². The molecule has 96 valence electrons. The normalized spacial score (nSPS) is 10.4. The topological polar surface area (TPSA) is 45.6 Å². The van der Waals surface area contributed by atoms with E-state index in [2.05, 4.69) is 15.6 Å². The van der Waals surface area contributed by atoms with Crippen LogP contribution in [0.4, 0.5) is 0 Å². The van der Waals surface area contributed by atoms with Crippen molar-refractivity contribution in [1.82, 2.24) is 10.6 Å². The molecule has 1 aromatic rings. The average Bonchev–Trinajstić information content (AvgIpc) is 2.33. The molecule has 0 bridgehead atoms. The summed E-state index contributed by atoms with van der Waals surface area (Å²) in [4.78, 5) is 4.05. The van der Waals surface area contributed by atoms with Crippen molar-refractivity contribution in [2.75, 3.05) is 20.7 Å². The van der Waals surface area contributed by atoms with Gasteiger partial charge in [0.1, 0.15) is 5.75 Å². The van der Waals surface area contributed by atoms with Gasteiger partial charge in [-0.15, -0.1) is 24.0 Å². The number of nitrogens with zero attached hydrogens (tertiary/aromatic N) is 1. The quantitative estimate of drug-likeness (QED) is 0.497. The van der Waals surface area contributed by atoms with Gasteiger partial charge >= 0.3 is 0 Å². The molecule has 0 aliphatic heterocycles. The van der Waals surface area contributed by atoms with Crippen LogP contribution >= 0.6 is 24.0 Å². The number of hydrogen-bond donors (Lipinski definition) is 2. The van der Waals surface area contributed by atoms with Gasteiger partial charge in [0.05, 0.1) is 6.61 Å². The number of aliphatic imine (C=N–C) groups is 1. The van der Waals surface area contributed by atoms with E-state index >= 15 is 0 Å². The number of benzene rings is 1. The molecule has 0 unspecified atom stereocenters. The van der Waals surface area contributed by atoms with Crippen LogP contribution in [0.15, 0.2) is 29.3 Å². The van der Waals surface area contributed by atoms with Gasteiger partial charge in [-0.05, 0) is 13.0 Å². The highest BCUT2D eigenvalue weighted by atomic mass is 127. The Balaban J connectivity index is 0.00000256. The van der Waals surface area contributed by atoms with Crippen LogP contribution in [-0.2, 0) is 6.54 Å². The van der Waals surface area contributed by atoms with E-state index in [4.69, 9.17) is 4.74 Å². The molecule has 0 radical (unpaired) electrons. The van der Waals surface area contributed by atoms with E-state index in [-0.39, 0.29) is 24.0 Å². The van der Waals surface area contributed by atoms with Gasteiger partial charge in [0.25, 0.3) is 0 Å². The molecule has 0 spiro atoms. The first-order chi connectivity index (χ1) is 7.81. The molecule has 17 heavy (non-hydrogen) atoms. The Morgan fingerprint density at radius 2 is 2.06 bits per heavy atom. The van der Waals surface area contributed by atoms with Crippen molar-refractivity contribution >= 4 is 29.9 Å². The molecule has 0 saturated heterocycles. The molecule has 1 rings (SSSR count). The summed E-state index contributed by atoms with van der Waals surface area (Å²) in [6.45, 7) is 3.36. The molecular weight excluding hydrogens is 329 g/mol. The number of ether oxygens (including phenoxy) is 1. The lowest BCUT2D eigenvalue weighted by Crippen LogP contribution is -2.34. The van der Waals surface area contributed by atoms with Gasteiger partial charge in [0, 0.05) is 26.2 Å². The van der Waals surface area contributed by atoms with E-state index in [0.29, 0.717) is 13.2 Å². The minimum atomic E-state index is 0. The Morgan fingerprint density at radius 1 is 1.35 bits per heavy atom. The highest BCUT2D eigenvalue weighted by Crippen LogP contribution is 2.17. The average molecular weight is 349 g/mol. The first-order valence-electron chi connectivity index (χ1n) is 5.41. The van der Waals surface area contributed by atoms with Crippen LogP contribution in [0.25, 0.3) is 0 Å². The molecular formula is C12H20IN3O. The minimum Gasteiger partial charge on any atom is -0.494 e. The fraction of sp³-hybridized carbons (Fsp3) is 0.417. The zero-order valence-corrected chi connectivity index (χ0v) is 12.8. The van der Waals surface area contributed by atoms with Crippen molar-refractivity contribution in [3.63, 3.8) is 0 Å². The monoisotopic (exact) mass is 349 g/mol. The van der Waals surface area contributed by atoms with Crippen LogP contribution in [0.2, 0.25) is 0 Å². The van der Waals surface area contributed by atoms with Crippen LogP contribution < -0.4 is 15.4 Å². The van der Waals surface area contributed by atoms with Crippen LogP contribution in [0.1, 0.15) is 12.5 Å². The molecule has 0 saturated carbocycles. The summed E-state index contributed by atoms with van der Waals surface area (Å²) in [6.07, 6.45) is 0. The molecule has 0 aromatic heterocycles. The van der Waals surface area contributed by atoms with E-state index in [0.717, 1.165) is 17.3 Å². The van der Waals surface area contributed by atoms with Gasteiger partial charge in [-0.1, -0.05) is 18.2 Å². The number of nitrogens with one attached hydrogen (secondary N) is 2. The maximum absolute atomic E-state index is 5.54. The summed E-state index contributed by atoms with van der Waals surface area (Å²) in [5, 5.41) is 6.16. The summed E-state index contributed by atoms with van der Waals surface area (Å²) in [7, 11) is 3.58. The highest BCUT2D eigenvalue weighted by Gasteiger charge is 2.02. The van der Waals surface area contributed by atoms with Crippen LogP contribution in [0.3, 0.4) is 0 Å². The van der Waals surface area contributed by atoms with Gasteiger partial charge in [-0.3, -0.25) is 4.99 Å². The molecule has 0 heterocycles. The van der Waals surface area contributed by atoms with Crippen molar-refractivity contribution in [2.45, 2.75) is 13.5 Å². The molecule has 0 atom stereocenters. The highest BCUT2D eigenvalue weighted by molar-refractivity contribution is 14.0. The molecule has 4 nitrogen and oxygen atoms in total. The Morgan fingerprint density at radius 3 is 2.65 bits per heavy atom. The number of para-hydroxylation sites is 1. The maximum Gasteiger partial charge on any atom is 0.190 e. The van der Waals surface area contributed by atoms with Crippen molar-refractivity contribution < 1.29 is 4.74 Å². The van der Waals surface area contributed by atoms with E-state index in [9.17, 15) is 0 Å². The predicted octanol–water partition coefficient (Wildman–Crippen LogP) is 2.00. The van der Waals surface area contributed by atoms with Crippen LogP contribution in [-0.4, -0.2) is 26.7 Å². The number of rotatable bonds is 4. The predicted molar refractivity (Wildman–Crippen MR) is 82.3 cm³/mol. The zero-order chi connectivity index (χ0) is 11.8. The molecule has 5 heteroatoms. The Hall–Kier alpha value is -0.980. The van der Waals surface area contributed by atoms with Crippen molar-refractivity contribution in [3.05, 3.63) is 29.8 Å². The zero-order valence-electron chi connectivity index (χ0n) is 10.5. The molecule has 0 amide bonds. The number of halogens is 1. The molecule has 0 aliphatic carbocycles. The number of guanidine groups is 1. The summed E-state index contributed by atoms with van der Waals surface area (Å²) in [5.41, 5.74) is 1.13. The minimum absolute atomic E-state index is 0. The van der Waals surface area contributed by atoms with Crippen molar-refractivity contribution in [2.24, 2.45) is 4.99 Å². The SMILES string of the molecule is CCOc1ccccc1CNC(=NC)NC.I. The Bertz CT molecular complexity index is 355. The van der Waals surface area contributed by atoms with Gasteiger partial charge in [-0.2, -0.15) is 0 Å². The summed E-state index contributed by atoms with van der Waals surface area (Å²) < 4.78 is 5.54. The lowest BCUT2D eigenvalue weighted by Gasteiger charge is -2.12. The summed E-state index contributed by atoms with van der Waals surface area (Å²) in [5.74, 6) is 1.69. The second-order valence-electron chi connectivity index (χ2n) is 3.22. The van der Waals surface area contributed by atoms with Crippen molar-refractivity contribution in [1.29, 1.82) is 0 Å². The second kappa shape index (κ2) is 9.09. The molecule has 0 aliphatic rings. The third-order valence-corrected chi connectivity index (χ3v) is 2.18. The lowest BCUT2D eigenvalue weighted by molar-refractivity contribution is 0.336. The van der Waals surface area contributed by atoms with Crippen LogP contribution in [0.5, 0.6) is 5.75 Å². The number of hydrogen-bond acceptors (Lipinski definition) is 2. The first kappa shape index (κ1) is 16.0. The Labute approximate surface area is 120 Å². The Kier molecular flexibility index (Phi) is 8.57.